The lowest BCUT2D eigenvalue weighted by molar-refractivity contribution is 0.0703. The Bertz CT molecular complexity index is 970. The third-order valence-electron chi connectivity index (χ3n) is 5.81. The number of amides is 1. The Balaban J connectivity index is 1.72. The smallest absolute Gasteiger partial charge is 0.256 e. The second kappa shape index (κ2) is 10.6. The van der Waals surface area contributed by atoms with Crippen molar-refractivity contribution in [2.45, 2.75) is 44.7 Å². The molecule has 0 aliphatic carbocycles. The summed E-state index contributed by atoms with van der Waals surface area (Å²) in [7, 11) is 3.06. The zero-order valence-corrected chi connectivity index (χ0v) is 19.7. The van der Waals surface area contributed by atoms with Crippen LogP contribution in [0.15, 0.2) is 67.5 Å². The van der Waals surface area contributed by atoms with Crippen LogP contribution in [-0.2, 0) is 12.8 Å². The van der Waals surface area contributed by atoms with Gasteiger partial charge in [0.25, 0.3) is 5.91 Å². The highest BCUT2D eigenvalue weighted by molar-refractivity contribution is 7.19. The van der Waals surface area contributed by atoms with E-state index in [-0.39, 0.29) is 11.1 Å². The van der Waals surface area contributed by atoms with Crippen LogP contribution < -0.4 is 0 Å². The van der Waals surface area contributed by atoms with Gasteiger partial charge in [0.1, 0.15) is 0 Å². The van der Waals surface area contributed by atoms with E-state index in [1.807, 2.05) is 48.4 Å². The summed E-state index contributed by atoms with van der Waals surface area (Å²) in [6.07, 6.45) is 15.1. The molecule has 1 amide bonds. The van der Waals surface area contributed by atoms with Crippen LogP contribution in [0.5, 0.6) is 0 Å². The van der Waals surface area contributed by atoms with Gasteiger partial charge in [-0.05, 0) is 61.5 Å². The SMILES string of the molecule is C=C/C=C(\C=C/C)c1ncccc1C(=O)N1CCC(P)(Cc2ccc(CC)nc2)CC1. The number of rotatable bonds is 7. The van der Waals surface area contributed by atoms with Crippen LogP contribution in [0, 0.1) is 0 Å². The molecule has 0 bridgehead atoms. The minimum absolute atomic E-state index is 0.0450. The largest absolute Gasteiger partial charge is 0.339 e. The molecule has 1 aliphatic rings. The molecule has 0 saturated carbocycles. The molecule has 0 radical (unpaired) electrons. The van der Waals surface area contributed by atoms with Crippen molar-refractivity contribution in [3.05, 3.63) is 90.1 Å². The molecule has 1 fully saturated rings. The molecule has 0 aromatic carbocycles. The number of carbonyl (C=O) groups is 1. The maximum Gasteiger partial charge on any atom is 0.256 e. The predicted molar refractivity (Wildman–Crippen MR) is 132 cm³/mol. The topological polar surface area (TPSA) is 46.1 Å². The van der Waals surface area contributed by atoms with Crippen LogP contribution in [0.4, 0.5) is 0 Å². The van der Waals surface area contributed by atoms with Gasteiger partial charge in [0, 0.05) is 36.8 Å². The van der Waals surface area contributed by atoms with Crippen molar-refractivity contribution in [2.75, 3.05) is 13.1 Å². The van der Waals surface area contributed by atoms with Crippen molar-refractivity contribution in [1.82, 2.24) is 14.9 Å². The number of likely N-dealkylation sites (tertiary alicyclic amines) is 1. The van der Waals surface area contributed by atoms with Crippen LogP contribution in [0.2, 0.25) is 0 Å². The molecular formula is C26H32N3OP. The zero-order chi connectivity index (χ0) is 22.3. The molecule has 5 heteroatoms. The number of pyridine rings is 2. The first-order valence-corrected chi connectivity index (χ1v) is 11.5. The first-order chi connectivity index (χ1) is 15.0. The predicted octanol–water partition coefficient (Wildman–Crippen LogP) is 5.28. The summed E-state index contributed by atoms with van der Waals surface area (Å²) in [5.74, 6) is 0.0450. The molecule has 1 aliphatic heterocycles. The number of piperidine rings is 1. The molecule has 1 atom stereocenters. The Labute approximate surface area is 188 Å². The van der Waals surface area contributed by atoms with E-state index in [2.05, 4.69) is 44.8 Å². The third-order valence-corrected chi connectivity index (χ3v) is 6.59. The van der Waals surface area contributed by atoms with Crippen LogP contribution in [0.1, 0.15) is 54.0 Å². The van der Waals surface area contributed by atoms with Gasteiger partial charge in [-0.25, -0.2) is 0 Å². The number of hydrogen-bond acceptors (Lipinski definition) is 3. The van der Waals surface area contributed by atoms with Crippen molar-refractivity contribution in [1.29, 1.82) is 0 Å². The molecule has 0 N–H and O–H groups in total. The minimum atomic E-state index is 0.0450. The van der Waals surface area contributed by atoms with E-state index >= 15 is 0 Å². The molecule has 1 saturated heterocycles. The second-order valence-corrected chi connectivity index (χ2v) is 9.32. The summed E-state index contributed by atoms with van der Waals surface area (Å²) in [6.45, 7) is 9.34. The molecule has 3 rings (SSSR count). The Hall–Kier alpha value is -2.58. The van der Waals surface area contributed by atoms with Gasteiger partial charge in [-0.15, -0.1) is 9.24 Å². The zero-order valence-electron chi connectivity index (χ0n) is 18.6. The van der Waals surface area contributed by atoms with Crippen molar-refractivity contribution in [2.24, 2.45) is 0 Å². The van der Waals surface area contributed by atoms with Gasteiger partial charge in [0.05, 0.1) is 11.3 Å². The molecule has 2 aromatic heterocycles. The molecule has 162 valence electrons. The van der Waals surface area contributed by atoms with E-state index in [9.17, 15) is 4.79 Å². The molecule has 3 heterocycles. The van der Waals surface area contributed by atoms with E-state index in [4.69, 9.17) is 0 Å². The van der Waals surface area contributed by atoms with E-state index in [1.165, 1.54) is 5.56 Å². The van der Waals surface area contributed by atoms with E-state index < -0.39 is 0 Å². The number of nitrogens with zero attached hydrogens (tertiary/aromatic N) is 3. The average Bonchev–Trinajstić information content (AvgIpc) is 2.79. The highest BCUT2D eigenvalue weighted by Crippen LogP contribution is 2.35. The van der Waals surface area contributed by atoms with Gasteiger partial charge >= 0.3 is 0 Å². The third kappa shape index (κ3) is 5.77. The number of carbonyl (C=O) groups excluding carboxylic acids is 1. The quantitative estimate of drug-likeness (QED) is 0.441. The van der Waals surface area contributed by atoms with Crippen molar-refractivity contribution >= 4 is 20.7 Å². The maximum atomic E-state index is 13.4. The van der Waals surface area contributed by atoms with Gasteiger partial charge in [0.15, 0.2) is 0 Å². The summed E-state index contributed by atoms with van der Waals surface area (Å²) in [5, 5.41) is 0.100. The first-order valence-electron chi connectivity index (χ1n) is 10.9. The van der Waals surface area contributed by atoms with Gasteiger partial charge in [0.2, 0.25) is 0 Å². The lowest BCUT2D eigenvalue weighted by Gasteiger charge is -2.39. The Morgan fingerprint density at radius 3 is 2.65 bits per heavy atom. The lowest BCUT2D eigenvalue weighted by Crippen LogP contribution is -2.45. The first kappa shape index (κ1) is 23.1. The number of allylic oxidation sites excluding steroid dienone is 5. The highest BCUT2D eigenvalue weighted by atomic mass is 31.0. The molecular weight excluding hydrogens is 401 g/mol. The number of aryl methyl sites for hydroxylation is 1. The number of hydrogen-bond donors (Lipinski definition) is 0. The van der Waals surface area contributed by atoms with Crippen LogP contribution in [-0.4, -0.2) is 39.0 Å². The summed E-state index contributed by atoms with van der Waals surface area (Å²) in [5.41, 5.74) is 4.62. The number of aromatic nitrogens is 2. The highest BCUT2D eigenvalue weighted by Gasteiger charge is 2.33. The Kier molecular flexibility index (Phi) is 7.92. The summed E-state index contributed by atoms with van der Waals surface area (Å²) in [4.78, 5) is 24.4. The van der Waals surface area contributed by atoms with Gasteiger partial charge in [-0.3, -0.25) is 14.8 Å². The maximum absolute atomic E-state index is 13.4. The van der Waals surface area contributed by atoms with Gasteiger partial charge in [-0.2, -0.15) is 0 Å². The lowest BCUT2D eigenvalue weighted by atomic mass is 9.89. The Morgan fingerprint density at radius 1 is 1.26 bits per heavy atom. The average molecular weight is 434 g/mol. The monoisotopic (exact) mass is 433 g/mol. The van der Waals surface area contributed by atoms with Crippen molar-refractivity contribution in [3.63, 3.8) is 0 Å². The van der Waals surface area contributed by atoms with Crippen molar-refractivity contribution < 1.29 is 4.79 Å². The minimum Gasteiger partial charge on any atom is -0.339 e. The standard InChI is InChI=1S/C26H32N3OP/c1-4-8-21(9-5-2)24-23(10-7-15-27-24)25(30)29-16-13-26(31,14-17-29)18-20-11-12-22(6-3)28-19-20/h4-5,7-12,15,19H,1,6,13-14,16-18,31H2,2-3H3/b9-5-,21-8+. The summed E-state index contributed by atoms with van der Waals surface area (Å²) in [6, 6.07) is 8.00. The molecule has 1 unspecified atom stereocenters. The fourth-order valence-corrected chi connectivity index (χ4v) is 4.50. The van der Waals surface area contributed by atoms with Crippen molar-refractivity contribution in [3.8, 4) is 0 Å². The van der Waals surface area contributed by atoms with Gasteiger partial charge in [-0.1, -0.05) is 43.9 Å². The summed E-state index contributed by atoms with van der Waals surface area (Å²) < 4.78 is 0. The fraction of sp³-hybridized carbons (Fsp3) is 0.346. The molecule has 31 heavy (non-hydrogen) atoms. The van der Waals surface area contributed by atoms with Gasteiger partial charge < -0.3 is 4.90 Å². The normalized spacial score (nSPS) is 16.5. The van der Waals surface area contributed by atoms with Crippen LogP contribution >= 0.6 is 9.24 Å². The van der Waals surface area contributed by atoms with Crippen LogP contribution in [0.25, 0.3) is 5.57 Å². The van der Waals surface area contributed by atoms with E-state index in [1.54, 1.807) is 12.3 Å². The Morgan fingerprint density at radius 2 is 2.03 bits per heavy atom. The summed E-state index contributed by atoms with van der Waals surface area (Å²) >= 11 is 0. The van der Waals surface area contributed by atoms with Crippen LogP contribution in [0.3, 0.4) is 0 Å². The van der Waals surface area contributed by atoms with E-state index in [0.29, 0.717) is 11.3 Å². The molecule has 0 spiro atoms. The second-order valence-electron chi connectivity index (χ2n) is 8.10. The van der Waals surface area contributed by atoms with E-state index in [0.717, 1.165) is 50.0 Å². The molecule has 2 aromatic rings. The fourth-order valence-electron chi connectivity index (χ4n) is 4.01. The molecule has 4 nitrogen and oxygen atoms in total.